The highest BCUT2D eigenvalue weighted by molar-refractivity contribution is 5.89. The summed E-state index contributed by atoms with van der Waals surface area (Å²) in [4.78, 5) is 16.4. The fourth-order valence-corrected chi connectivity index (χ4v) is 2.43. The molecule has 1 fully saturated rings. The normalized spacial score (nSPS) is 16.2. The molecule has 2 heterocycles. The summed E-state index contributed by atoms with van der Waals surface area (Å²) in [5.74, 6) is 0. The van der Waals surface area contributed by atoms with E-state index in [1.165, 1.54) is 0 Å². The zero-order valence-corrected chi connectivity index (χ0v) is 12.9. The van der Waals surface area contributed by atoms with Gasteiger partial charge in [0.2, 0.25) is 0 Å². The summed E-state index contributed by atoms with van der Waals surface area (Å²) < 4.78 is 6.76. The third kappa shape index (κ3) is 4.71. The second-order valence-corrected chi connectivity index (χ2v) is 5.24. The number of rotatable bonds is 6. The Morgan fingerprint density at radius 2 is 2.10 bits per heavy atom. The molecule has 0 aliphatic carbocycles. The van der Waals surface area contributed by atoms with Crippen LogP contribution < -0.4 is 5.32 Å². The lowest BCUT2D eigenvalue weighted by Crippen LogP contribution is -2.50. The van der Waals surface area contributed by atoms with E-state index in [4.69, 9.17) is 4.74 Å². The second kappa shape index (κ2) is 7.99. The van der Waals surface area contributed by atoms with Crippen LogP contribution in [-0.2, 0) is 11.3 Å². The van der Waals surface area contributed by atoms with Gasteiger partial charge in [0.05, 0.1) is 25.0 Å². The first kappa shape index (κ1) is 15.8. The predicted octanol–water partition coefficient (Wildman–Crippen LogP) is 1.09. The van der Waals surface area contributed by atoms with E-state index in [-0.39, 0.29) is 6.03 Å². The summed E-state index contributed by atoms with van der Waals surface area (Å²) >= 11 is 0. The average molecular weight is 295 g/mol. The van der Waals surface area contributed by atoms with Crippen LogP contribution >= 0.6 is 0 Å². The van der Waals surface area contributed by atoms with Crippen LogP contribution in [0.5, 0.6) is 0 Å². The van der Waals surface area contributed by atoms with Crippen LogP contribution in [0.1, 0.15) is 13.3 Å². The van der Waals surface area contributed by atoms with E-state index < -0.39 is 0 Å². The molecule has 1 aromatic heterocycles. The Bertz CT molecular complexity index is 440. The summed E-state index contributed by atoms with van der Waals surface area (Å²) in [5, 5.41) is 7.08. The number of amides is 2. The monoisotopic (exact) mass is 295 g/mol. The lowest BCUT2D eigenvalue weighted by Gasteiger charge is -2.34. The number of carbonyl (C=O) groups is 1. The molecule has 0 saturated carbocycles. The van der Waals surface area contributed by atoms with Crippen molar-refractivity contribution in [2.45, 2.75) is 19.9 Å². The van der Waals surface area contributed by atoms with Crippen molar-refractivity contribution in [1.29, 1.82) is 0 Å². The molecule has 1 aromatic rings. The van der Waals surface area contributed by atoms with Crippen molar-refractivity contribution < 1.29 is 9.53 Å². The van der Waals surface area contributed by atoms with Crippen molar-refractivity contribution in [3.8, 4) is 0 Å². The van der Waals surface area contributed by atoms with Gasteiger partial charge >= 0.3 is 6.03 Å². The minimum atomic E-state index is -0.0440. The molecule has 0 aromatic carbocycles. The van der Waals surface area contributed by atoms with Gasteiger partial charge in [0, 0.05) is 39.5 Å². The molecule has 1 N–H and O–H groups in total. The Morgan fingerprint density at radius 1 is 1.33 bits per heavy atom. The molecule has 2 rings (SSSR count). The molecule has 0 unspecified atom stereocenters. The number of hydrogen-bond acceptors (Lipinski definition) is 4. The van der Waals surface area contributed by atoms with Crippen molar-refractivity contribution in [2.75, 3.05) is 51.8 Å². The summed E-state index contributed by atoms with van der Waals surface area (Å²) in [7, 11) is 1.66. The predicted molar refractivity (Wildman–Crippen MR) is 81.4 cm³/mol. The molecule has 1 aliphatic heterocycles. The zero-order valence-electron chi connectivity index (χ0n) is 12.9. The highest BCUT2D eigenvalue weighted by atomic mass is 16.5. The van der Waals surface area contributed by atoms with Crippen molar-refractivity contribution in [1.82, 2.24) is 19.6 Å². The Labute approximate surface area is 125 Å². The van der Waals surface area contributed by atoms with E-state index in [0.717, 1.165) is 44.8 Å². The molecule has 118 valence electrons. The molecule has 0 spiro atoms. The molecular formula is C14H25N5O2. The minimum Gasteiger partial charge on any atom is -0.383 e. The minimum absolute atomic E-state index is 0.0440. The number of aromatic nitrogens is 2. The Hall–Kier alpha value is -1.60. The fourth-order valence-electron chi connectivity index (χ4n) is 2.43. The number of piperazine rings is 1. The van der Waals surface area contributed by atoms with Crippen LogP contribution in [0.25, 0.3) is 0 Å². The SMILES string of the molecule is CCCN1CCN(C(=O)Nc2cnn(CCOC)c2)CC1. The maximum Gasteiger partial charge on any atom is 0.322 e. The standard InChI is InChI=1S/C14H25N5O2/c1-3-4-17-5-7-18(8-6-17)14(20)16-13-11-15-19(12-13)9-10-21-2/h11-12H,3-10H2,1-2H3,(H,16,20). The summed E-state index contributed by atoms with van der Waals surface area (Å²) in [6.45, 7) is 8.05. The molecular weight excluding hydrogens is 270 g/mol. The van der Waals surface area contributed by atoms with Gasteiger partial charge in [0.25, 0.3) is 0 Å². The molecule has 0 bridgehead atoms. The van der Waals surface area contributed by atoms with Gasteiger partial charge in [-0.15, -0.1) is 0 Å². The van der Waals surface area contributed by atoms with Crippen molar-refractivity contribution >= 4 is 11.7 Å². The number of anilines is 1. The highest BCUT2D eigenvalue weighted by Crippen LogP contribution is 2.09. The van der Waals surface area contributed by atoms with Crippen molar-refractivity contribution in [2.24, 2.45) is 0 Å². The van der Waals surface area contributed by atoms with E-state index in [0.29, 0.717) is 13.2 Å². The highest BCUT2D eigenvalue weighted by Gasteiger charge is 2.20. The van der Waals surface area contributed by atoms with E-state index in [2.05, 4.69) is 22.2 Å². The Kier molecular flexibility index (Phi) is 6.01. The topological polar surface area (TPSA) is 62.6 Å². The van der Waals surface area contributed by atoms with E-state index in [1.807, 2.05) is 11.1 Å². The van der Waals surface area contributed by atoms with Gasteiger partial charge in [0.1, 0.15) is 0 Å². The van der Waals surface area contributed by atoms with Gasteiger partial charge in [-0.1, -0.05) is 6.92 Å². The van der Waals surface area contributed by atoms with Crippen LogP contribution in [-0.4, -0.2) is 72.1 Å². The zero-order chi connectivity index (χ0) is 15.1. The molecule has 2 amide bonds. The molecule has 1 aliphatic rings. The van der Waals surface area contributed by atoms with Crippen molar-refractivity contribution in [3.05, 3.63) is 12.4 Å². The molecule has 1 saturated heterocycles. The molecule has 0 radical (unpaired) electrons. The van der Waals surface area contributed by atoms with Gasteiger partial charge in [-0.05, 0) is 13.0 Å². The number of hydrogen-bond donors (Lipinski definition) is 1. The van der Waals surface area contributed by atoms with Crippen LogP contribution in [0.2, 0.25) is 0 Å². The van der Waals surface area contributed by atoms with Gasteiger partial charge in [-0.25, -0.2) is 4.79 Å². The van der Waals surface area contributed by atoms with E-state index in [1.54, 1.807) is 18.0 Å². The molecule has 0 atom stereocenters. The van der Waals surface area contributed by atoms with Gasteiger partial charge in [-0.3, -0.25) is 9.58 Å². The van der Waals surface area contributed by atoms with Crippen LogP contribution in [0, 0.1) is 0 Å². The lowest BCUT2D eigenvalue weighted by molar-refractivity contribution is 0.147. The van der Waals surface area contributed by atoms with E-state index >= 15 is 0 Å². The van der Waals surface area contributed by atoms with Crippen molar-refractivity contribution in [3.63, 3.8) is 0 Å². The number of nitrogens with one attached hydrogen (secondary N) is 1. The van der Waals surface area contributed by atoms with Gasteiger partial charge in [0.15, 0.2) is 0 Å². The van der Waals surface area contributed by atoms with Crippen LogP contribution in [0.3, 0.4) is 0 Å². The molecule has 7 nitrogen and oxygen atoms in total. The maximum absolute atomic E-state index is 12.2. The quantitative estimate of drug-likeness (QED) is 0.853. The number of urea groups is 1. The van der Waals surface area contributed by atoms with E-state index in [9.17, 15) is 4.79 Å². The third-order valence-corrected chi connectivity index (χ3v) is 3.61. The van der Waals surface area contributed by atoms with Gasteiger partial charge in [-0.2, -0.15) is 5.10 Å². The van der Waals surface area contributed by atoms with Gasteiger partial charge < -0.3 is 15.0 Å². The number of methoxy groups -OCH3 is 1. The van der Waals surface area contributed by atoms with Crippen LogP contribution in [0.4, 0.5) is 10.5 Å². The largest absolute Gasteiger partial charge is 0.383 e. The smallest absolute Gasteiger partial charge is 0.322 e. The Morgan fingerprint density at radius 3 is 2.76 bits per heavy atom. The first-order valence-electron chi connectivity index (χ1n) is 7.52. The first-order chi connectivity index (χ1) is 10.2. The molecule has 21 heavy (non-hydrogen) atoms. The summed E-state index contributed by atoms with van der Waals surface area (Å²) in [6.07, 6.45) is 4.65. The summed E-state index contributed by atoms with van der Waals surface area (Å²) in [6, 6.07) is -0.0440. The third-order valence-electron chi connectivity index (χ3n) is 3.61. The number of nitrogens with zero attached hydrogens (tertiary/aromatic N) is 4. The first-order valence-corrected chi connectivity index (χ1v) is 7.52. The lowest BCUT2D eigenvalue weighted by atomic mass is 10.3. The number of ether oxygens (including phenoxy) is 1. The number of carbonyl (C=O) groups excluding carboxylic acids is 1. The summed E-state index contributed by atoms with van der Waals surface area (Å²) in [5.41, 5.74) is 0.729. The average Bonchev–Trinajstić information content (AvgIpc) is 2.93. The Balaban J connectivity index is 1.78. The fraction of sp³-hybridized carbons (Fsp3) is 0.714. The maximum atomic E-state index is 12.2. The second-order valence-electron chi connectivity index (χ2n) is 5.24. The molecule has 7 heteroatoms. The van der Waals surface area contributed by atoms with Crippen LogP contribution in [0.15, 0.2) is 12.4 Å².